The van der Waals surface area contributed by atoms with Crippen LogP contribution in [0.4, 0.5) is 11.5 Å². The zero-order chi connectivity index (χ0) is 14.0. The molecule has 0 aliphatic heterocycles. The molecule has 1 unspecified atom stereocenters. The monoisotopic (exact) mass is 277 g/mol. The Morgan fingerprint density at radius 1 is 1.37 bits per heavy atom. The van der Waals surface area contributed by atoms with Crippen LogP contribution in [0.25, 0.3) is 0 Å². The summed E-state index contributed by atoms with van der Waals surface area (Å²) in [5.41, 5.74) is 0.652. The number of aryl methyl sites for hydroxylation is 2. The number of aromatic nitrogens is 1. The van der Waals surface area contributed by atoms with Gasteiger partial charge < -0.3 is 5.32 Å². The Bertz CT molecular complexity index is 610. The third-order valence-corrected chi connectivity index (χ3v) is 4.03. The number of hydrogen-bond donors (Lipinski definition) is 1. The number of pyridine rings is 1. The summed E-state index contributed by atoms with van der Waals surface area (Å²) in [5.74, 6) is 0.323. The molecule has 19 heavy (non-hydrogen) atoms. The van der Waals surface area contributed by atoms with Crippen molar-refractivity contribution >= 4 is 22.8 Å². The van der Waals surface area contributed by atoms with Gasteiger partial charge in [0, 0.05) is 21.5 Å². The lowest BCUT2D eigenvalue weighted by molar-refractivity contribution is -0.384. The Morgan fingerprint density at radius 2 is 2.11 bits per heavy atom. The van der Waals surface area contributed by atoms with Crippen LogP contribution in [0.3, 0.4) is 0 Å². The van der Waals surface area contributed by atoms with Gasteiger partial charge in [-0.2, -0.15) is 0 Å². The first-order chi connectivity index (χ1) is 8.99. The molecule has 0 aliphatic rings. The van der Waals surface area contributed by atoms with E-state index >= 15 is 0 Å². The fraction of sp³-hybridized carbons (Fsp3) is 0.308. The Morgan fingerprint density at radius 3 is 2.68 bits per heavy atom. The van der Waals surface area contributed by atoms with Gasteiger partial charge in [0.25, 0.3) is 0 Å². The summed E-state index contributed by atoms with van der Waals surface area (Å²) in [5, 5.41) is 14.2. The number of nitrogens with zero attached hydrogens (tertiary/aromatic N) is 2. The van der Waals surface area contributed by atoms with Crippen LogP contribution < -0.4 is 5.32 Å². The number of rotatable bonds is 4. The zero-order valence-corrected chi connectivity index (χ0v) is 11.8. The topological polar surface area (TPSA) is 68.1 Å². The van der Waals surface area contributed by atoms with E-state index < -0.39 is 4.92 Å². The molecule has 0 fully saturated rings. The Kier molecular flexibility index (Phi) is 3.80. The first-order valence-electron chi connectivity index (χ1n) is 5.92. The molecule has 2 rings (SSSR count). The van der Waals surface area contributed by atoms with Gasteiger partial charge in [-0.05, 0) is 39.0 Å². The molecule has 1 N–H and O–H groups in total. The van der Waals surface area contributed by atoms with E-state index in [0.717, 1.165) is 4.88 Å². The maximum absolute atomic E-state index is 11.1. The molecule has 100 valence electrons. The third-order valence-electron chi connectivity index (χ3n) is 2.85. The second kappa shape index (κ2) is 5.36. The normalized spacial score (nSPS) is 12.2. The van der Waals surface area contributed by atoms with E-state index in [1.165, 1.54) is 4.88 Å². The SMILES string of the molecule is Cc1ccc(C(C)Nc2nccc(C)c2[N+](=O)[O-])s1. The lowest BCUT2D eigenvalue weighted by Gasteiger charge is -2.13. The summed E-state index contributed by atoms with van der Waals surface area (Å²) in [6, 6.07) is 5.70. The van der Waals surface area contributed by atoms with Crippen LogP contribution in [-0.2, 0) is 0 Å². The summed E-state index contributed by atoms with van der Waals surface area (Å²) in [7, 11) is 0. The van der Waals surface area contributed by atoms with Gasteiger partial charge in [0.05, 0.1) is 11.0 Å². The molecule has 2 aromatic heterocycles. The van der Waals surface area contributed by atoms with Crippen molar-refractivity contribution in [3.8, 4) is 0 Å². The first kappa shape index (κ1) is 13.5. The van der Waals surface area contributed by atoms with E-state index in [1.54, 1.807) is 30.5 Å². The smallest absolute Gasteiger partial charge is 0.314 e. The van der Waals surface area contributed by atoms with E-state index in [4.69, 9.17) is 0 Å². The molecule has 0 aliphatic carbocycles. The van der Waals surface area contributed by atoms with E-state index in [9.17, 15) is 10.1 Å². The predicted octanol–water partition coefficient (Wildman–Crippen LogP) is 3.84. The lowest BCUT2D eigenvalue weighted by atomic mass is 10.2. The van der Waals surface area contributed by atoms with Crippen molar-refractivity contribution in [2.45, 2.75) is 26.8 Å². The average Bonchev–Trinajstić information content (AvgIpc) is 2.75. The first-order valence-corrected chi connectivity index (χ1v) is 6.73. The number of hydrogen-bond acceptors (Lipinski definition) is 5. The van der Waals surface area contributed by atoms with Gasteiger partial charge in [0.15, 0.2) is 0 Å². The number of thiophene rings is 1. The maximum Gasteiger partial charge on any atom is 0.314 e. The van der Waals surface area contributed by atoms with Crippen molar-refractivity contribution in [1.82, 2.24) is 4.98 Å². The zero-order valence-electron chi connectivity index (χ0n) is 11.0. The molecular weight excluding hydrogens is 262 g/mol. The molecule has 2 aromatic rings. The molecule has 6 heteroatoms. The fourth-order valence-corrected chi connectivity index (χ4v) is 2.73. The summed E-state index contributed by atoms with van der Waals surface area (Å²) in [6.45, 7) is 5.72. The number of nitro groups is 1. The van der Waals surface area contributed by atoms with Crippen molar-refractivity contribution < 1.29 is 4.92 Å². The molecule has 0 radical (unpaired) electrons. The standard InChI is InChI=1S/C13H15N3O2S/c1-8-6-7-14-13(12(8)16(17)18)15-10(3)11-5-4-9(2)19-11/h4-7,10H,1-3H3,(H,14,15). The quantitative estimate of drug-likeness (QED) is 0.681. The Hall–Kier alpha value is -1.95. The van der Waals surface area contributed by atoms with Gasteiger partial charge in [-0.15, -0.1) is 11.3 Å². The van der Waals surface area contributed by atoms with Crippen LogP contribution in [0.1, 0.15) is 28.3 Å². The average molecular weight is 277 g/mol. The van der Waals surface area contributed by atoms with Gasteiger partial charge in [-0.1, -0.05) is 0 Å². The van der Waals surface area contributed by atoms with Crippen molar-refractivity contribution in [3.05, 3.63) is 49.8 Å². The van der Waals surface area contributed by atoms with E-state index in [1.807, 2.05) is 26.0 Å². The Balaban J connectivity index is 2.28. The van der Waals surface area contributed by atoms with Crippen LogP contribution in [0.15, 0.2) is 24.4 Å². The summed E-state index contributed by atoms with van der Waals surface area (Å²) >= 11 is 1.67. The Labute approximate surface area is 115 Å². The highest BCUT2D eigenvalue weighted by Gasteiger charge is 2.20. The van der Waals surface area contributed by atoms with Gasteiger partial charge >= 0.3 is 5.69 Å². The minimum absolute atomic E-state index is 0.00769. The van der Waals surface area contributed by atoms with E-state index in [2.05, 4.69) is 10.3 Å². The second-order valence-corrected chi connectivity index (χ2v) is 5.72. The minimum atomic E-state index is -0.392. The predicted molar refractivity (Wildman–Crippen MR) is 76.7 cm³/mol. The molecule has 0 amide bonds. The second-order valence-electron chi connectivity index (χ2n) is 4.40. The molecule has 0 aromatic carbocycles. The van der Waals surface area contributed by atoms with Crippen molar-refractivity contribution in [2.24, 2.45) is 0 Å². The lowest BCUT2D eigenvalue weighted by Crippen LogP contribution is -2.09. The molecule has 2 heterocycles. The van der Waals surface area contributed by atoms with E-state index in [-0.39, 0.29) is 11.7 Å². The highest BCUT2D eigenvalue weighted by atomic mass is 32.1. The fourth-order valence-electron chi connectivity index (χ4n) is 1.85. The number of nitrogens with one attached hydrogen (secondary N) is 1. The van der Waals surface area contributed by atoms with Crippen LogP contribution in [-0.4, -0.2) is 9.91 Å². The van der Waals surface area contributed by atoms with Crippen molar-refractivity contribution in [3.63, 3.8) is 0 Å². The highest BCUT2D eigenvalue weighted by Crippen LogP contribution is 2.30. The van der Waals surface area contributed by atoms with E-state index in [0.29, 0.717) is 11.4 Å². The number of anilines is 1. The molecule has 1 atom stereocenters. The largest absolute Gasteiger partial charge is 0.357 e. The van der Waals surface area contributed by atoms with Crippen LogP contribution in [0.5, 0.6) is 0 Å². The maximum atomic E-state index is 11.1. The van der Waals surface area contributed by atoms with Crippen molar-refractivity contribution in [2.75, 3.05) is 5.32 Å². The highest BCUT2D eigenvalue weighted by molar-refractivity contribution is 7.12. The van der Waals surface area contributed by atoms with Gasteiger partial charge in [0.2, 0.25) is 5.82 Å². The molecule has 0 bridgehead atoms. The molecule has 0 spiro atoms. The van der Waals surface area contributed by atoms with Crippen LogP contribution >= 0.6 is 11.3 Å². The summed E-state index contributed by atoms with van der Waals surface area (Å²) < 4.78 is 0. The minimum Gasteiger partial charge on any atom is -0.357 e. The molecule has 0 saturated carbocycles. The van der Waals surface area contributed by atoms with Gasteiger partial charge in [-0.3, -0.25) is 10.1 Å². The van der Waals surface area contributed by atoms with Gasteiger partial charge in [0.1, 0.15) is 0 Å². The van der Waals surface area contributed by atoms with Crippen LogP contribution in [0, 0.1) is 24.0 Å². The molecular formula is C13H15N3O2S. The summed E-state index contributed by atoms with van der Waals surface area (Å²) in [4.78, 5) is 17.1. The summed E-state index contributed by atoms with van der Waals surface area (Å²) in [6.07, 6.45) is 1.58. The van der Waals surface area contributed by atoms with Crippen molar-refractivity contribution in [1.29, 1.82) is 0 Å². The van der Waals surface area contributed by atoms with Crippen LogP contribution in [0.2, 0.25) is 0 Å². The third kappa shape index (κ3) is 2.90. The molecule has 5 nitrogen and oxygen atoms in total. The van der Waals surface area contributed by atoms with Gasteiger partial charge in [-0.25, -0.2) is 4.98 Å². The molecule has 0 saturated heterocycles.